The lowest BCUT2D eigenvalue weighted by Crippen LogP contribution is -2.41. The van der Waals surface area contributed by atoms with E-state index in [9.17, 15) is 13.2 Å². The molecule has 174 valence electrons. The summed E-state index contributed by atoms with van der Waals surface area (Å²) in [6, 6.07) is 20.8. The number of amides is 1. The summed E-state index contributed by atoms with van der Waals surface area (Å²) in [6.45, 7) is 7.83. The zero-order valence-corrected chi connectivity index (χ0v) is 20.2. The number of rotatable bonds is 9. The van der Waals surface area contributed by atoms with Crippen LogP contribution in [-0.4, -0.2) is 27.5 Å². The summed E-state index contributed by atoms with van der Waals surface area (Å²) in [5.41, 5.74) is 3.19. The molecule has 3 rings (SSSR count). The first-order valence-electron chi connectivity index (χ1n) is 10.9. The van der Waals surface area contributed by atoms with Crippen LogP contribution in [-0.2, 0) is 14.8 Å². The fourth-order valence-corrected chi connectivity index (χ4v) is 5.08. The molecular formula is C26H30N2O4S. The van der Waals surface area contributed by atoms with Crippen LogP contribution in [0.1, 0.15) is 36.6 Å². The maximum atomic E-state index is 13.5. The third-order valence-corrected chi connectivity index (χ3v) is 6.97. The molecule has 7 heteroatoms. The summed E-state index contributed by atoms with van der Waals surface area (Å²) < 4.78 is 33.6. The van der Waals surface area contributed by atoms with Gasteiger partial charge in [-0.2, -0.15) is 0 Å². The molecule has 0 aliphatic carbocycles. The van der Waals surface area contributed by atoms with Crippen LogP contribution in [0.2, 0.25) is 0 Å². The Kier molecular flexibility index (Phi) is 7.76. The molecule has 0 saturated heterocycles. The van der Waals surface area contributed by atoms with E-state index in [2.05, 4.69) is 5.32 Å². The number of aryl methyl sites for hydroxylation is 2. The van der Waals surface area contributed by atoms with Crippen LogP contribution in [0.5, 0.6) is 5.75 Å². The molecule has 0 aliphatic heterocycles. The number of ether oxygens (including phenoxy) is 1. The third-order valence-electron chi connectivity index (χ3n) is 5.18. The van der Waals surface area contributed by atoms with Crippen LogP contribution < -0.4 is 14.4 Å². The van der Waals surface area contributed by atoms with Gasteiger partial charge in [-0.25, -0.2) is 8.42 Å². The molecule has 6 nitrogen and oxygen atoms in total. The molecule has 33 heavy (non-hydrogen) atoms. The van der Waals surface area contributed by atoms with Gasteiger partial charge in [0.25, 0.3) is 10.0 Å². The van der Waals surface area contributed by atoms with Gasteiger partial charge in [-0.15, -0.1) is 0 Å². The smallest absolute Gasteiger partial charge is 0.264 e. The van der Waals surface area contributed by atoms with Crippen molar-refractivity contribution in [3.8, 4) is 5.75 Å². The number of hydrogen-bond acceptors (Lipinski definition) is 4. The lowest BCUT2D eigenvalue weighted by Gasteiger charge is -2.26. The molecule has 0 unspecified atom stereocenters. The van der Waals surface area contributed by atoms with Gasteiger partial charge in [0.05, 0.1) is 23.2 Å². The second-order valence-electron chi connectivity index (χ2n) is 7.96. The SMILES string of the molecule is CCOc1ccc([C@H](C)NC(=O)CN(c2cc(C)cc(C)c2)S(=O)(=O)c2ccccc2)cc1. The third kappa shape index (κ3) is 6.14. The Balaban J connectivity index is 1.86. The van der Waals surface area contributed by atoms with E-state index >= 15 is 0 Å². The fourth-order valence-electron chi connectivity index (χ4n) is 3.65. The van der Waals surface area contributed by atoms with Crippen LogP contribution in [0.4, 0.5) is 5.69 Å². The highest BCUT2D eigenvalue weighted by atomic mass is 32.2. The number of anilines is 1. The van der Waals surface area contributed by atoms with Crippen molar-refractivity contribution < 1.29 is 17.9 Å². The van der Waals surface area contributed by atoms with E-state index in [1.807, 2.05) is 58.0 Å². The van der Waals surface area contributed by atoms with Gasteiger partial charge in [-0.3, -0.25) is 9.10 Å². The standard InChI is InChI=1S/C26H30N2O4S/c1-5-32-24-13-11-22(12-14-24)21(4)27-26(29)18-28(23-16-19(2)15-20(3)17-23)33(30,31)25-9-7-6-8-10-25/h6-17,21H,5,18H2,1-4H3,(H,27,29)/t21-/m0/s1. The molecule has 0 spiro atoms. The van der Waals surface area contributed by atoms with Crippen molar-refractivity contribution in [2.45, 2.75) is 38.6 Å². The van der Waals surface area contributed by atoms with Crippen molar-refractivity contribution in [2.75, 3.05) is 17.5 Å². The topological polar surface area (TPSA) is 75.7 Å². The van der Waals surface area contributed by atoms with E-state index in [0.29, 0.717) is 12.3 Å². The maximum absolute atomic E-state index is 13.5. The molecule has 3 aromatic rings. The molecule has 0 heterocycles. The Hall–Kier alpha value is -3.32. The predicted octanol–water partition coefficient (Wildman–Crippen LogP) is 4.77. The maximum Gasteiger partial charge on any atom is 0.264 e. The number of benzene rings is 3. The Bertz CT molecular complexity index is 1170. The minimum absolute atomic E-state index is 0.136. The average Bonchev–Trinajstić information content (AvgIpc) is 2.78. The van der Waals surface area contributed by atoms with E-state index < -0.39 is 15.9 Å². The minimum atomic E-state index is -3.94. The lowest BCUT2D eigenvalue weighted by molar-refractivity contribution is -0.120. The number of carbonyl (C=O) groups excluding carboxylic acids is 1. The van der Waals surface area contributed by atoms with Crippen LogP contribution in [0, 0.1) is 13.8 Å². The first-order chi connectivity index (χ1) is 15.7. The van der Waals surface area contributed by atoms with Gasteiger partial charge in [0.1, 0.15) is 12.3 Å². The van der Waals surface area contributed by atoms with Gasteiger partial charge >= 0.3 is 0 Å². The van der Waals surface area contributed by atoms with Crippen molar-refractivity contribution in [3.05, 3.63) is 89.5 Å². The summed E-state index contributed by atoms with van der Waals surface area (Å²) in [6.07, 6.45) is 0. The molecule has 0 bridgehead atoms. The highest BCUT2D eigenvalue weighted by Gasteiger charge is 2.28. The molecular weight excluding hydrogens is 436 g/mol. The van der Waals surface area contributed by atoms with Crippen molar-refractivity contribution in [1.82, 2.24) is 5.32 Å². The quantitative estimate of drug-likeness (QED) is 0.493. The first kappa shape index (κ1) is 24.3. The number of hydrogen-bond donors (Lipinski definition) is 1. The first-order valence-corrected chi connectivity index (χ1v) is 12.3. The van der Waals surface area contributed by atoms with E-state index in [0.717, 1.165) is 22.4 Å². The normalized spacial score (nSPS) is 12.1. The Labute approximate surface area is 196 Å². The molecule has 1 atom stereocenters. The summed E-state index contributed by atoms with van der Waals surface area (Å²) >= 11 is 0. The van der Waals surface area contributed by atoms with Gasteiger partial charge in [0.2, 0.25) is 5.91 Å². The van der Waals surface area contributed by atoms with Gasteiger partial charge < -0.3 is 10.1 Å². The zero-order chi connectivity index (χ0) is 24.0. The highest BCUT2D eigenvalue weighted by Crippen LogP contribution is 2.26. The van der Waals surface area contributed by atoms with Crippen molar-refractivity contribution in [3.63, 3.8) is 0 Å². The van der Waals surface area contributed by atoms with E-state index in [1.54, 1.807) is 30.3 Å². The van der Waals surface area contributed by atoms with Crippen LogP contribution in [0.25, 0.3) is 0 Å². The van der Waals surface area contributed by atoms with Crippen molar-refractivity contribution in [2.24, 2.45) is 0 Å². The minimum Gasteiger partial charge on any atom is -0.494 e. The average molecular weight is 467 g/mol. The molecule has 0 radical (unpaired) electrons. The lowest BCUT2D eigenvalue weighted by atomic mass is 10.1. The molecule has 0 aromatic heterocycles. The number of carbonyl (C=O) groups is 1. The van der Waals surface area contributed by atoms with Crippen LogP contribution >= 0.6 is 0 Å². The second-order valence-corrected chi connectivity index (χ2v) is 9.82. The fraction of sp³-hybridized carbons (Fsp3) is 0.269. The summed E-state index contributed by atoms with van der Waals surface area (Å²) in [5.74, 6) is 0.366. The van der Waals surface area contributed by atoms with Gasteiger partial charge in [-0.1, -0.05) is 36.4 Å². The van der Waals surface area contributed by atoms with Crippen LogP contribution in [0.15, 0.2) is 77.7 Å². The van der Waals surface area contributed by atoms with E-state index in [-0.39, 0.29) is 17.5 Å². The second kappa shape index (κ2) is 10.5. The van der Waals surface area contributed by atoms with E-state index in [1.165, 1.54) is 16.4 Å². The van der Waals surface area contributed by atoms with E-state index in [4.69, 9.17) is 4.74 Å². The van der Waals surface area contributed by atoms with Crippen molar-refractivity contribution >= 4 is 21.6 Å². The number of sulfonamides is 1. The molecule has 1 amide bonds. The van der Waals surface area contributed by atoms with Crippen molar-refractivity contribution in [1.29, 1.82) is 0 Å². The molecule has 0 aliphatic rings. The number of nitrogens with zero attached hydrogens (tertiary/aromatic N) is 1. The van der Waals surface area contributed by atoms with Gasteiger partial charge in [0.15, 0.2) is 0 Å². The summed E-state index contributed by atoms with van der Waals surface area (Å²) in [5, 5.41) is 2.91. The largest absolute Gasteiger partial charge is 0.494 e. The Morgan fingerprint density at radius 2 is 1.58 bits per heavy atom. The zero-order valence-electron chi connectivity index (χ0n) is 19.4. The number of nitrogens with one attached hydrogen (secondary N) is 1. The summed E-state index contributed by atoms with van der Waals surface area (Å²) in [4.78, 5) is 13.1. The van der Waals surface area contributed by atoms with Crippen LogP contribution in [0.3, 0.4) is 0 Å². The molecule has 3 aromatic carbocycles. The molecule has 0 fully saturated rings. The predicted molar refractivity (Wildman–Crippen MR) is 131 cm³/mol. The van der Waals surface area contributed by atoms with Gasteiger partial charge in [-0.05, 0) is 80.8 Å². The van der Waals surface area contributed by atoms with Gasteiger partial charge in [0, 0.05) is 0 Å². The molecule has 1 N–H and O–H groups in total. The highest BCUT2D eigenvalue weighted by molar-refractivity contribution is 7.92. The monoisotopic (exact) mass is 466 g/mol. The molecule has 0 saturated carbocycles. The Morgan fingerprint density at radius 3 is 2.15 bits per heavy atom. The Morgan fingerprint density at radius 1 is 0.970 bits per heavy atom. The summed E-state index contributed by atoms with van der Waals surface area (Å²) in [7, 11) is -3.94.